The number of thiocarbonyl (C=S) groups is 2. The molecule has 62 valence electrons. The second-order valence-electron chi connectivity index (χ2n) is 2.59. The van der Waals surface area contributed by atoms with E-state index in [-0.39, 0.29) is 6.04 Å². The lowest BCUT2D eigenvalue weighted by molar-refractivity contribution is 0.471. The molecule has 0 aromatic rings. The van der Waals surface area contributed by atoms with Gasteiger partial charge in [-0.05, 0) is 25.1 Å². The van der Waals surface area contributed by atoms with Gasteiger partial charge in [-0.1, -0.05) is 12.2 Å². The second-order valence-corrected chi connectivity index (χ2v) is 3.48. The Balaban J connectivity index is 2.65. The van der Waals surface area contributed by atoms with Gasteiger partial charge in [0.2, 0.25) is 0 Å². The number of hydrogen-bond acceptors (Lipinski definition) is 2. The molecule has 5 heteroatoms. The summed E-state index contributed by atoms with van der Waals surface area (Å²) in [5.41, 5.74) is 11.0. The molecule has 1 heterocycles. The molecule has 3 nitrogen and oxygen atoms in total. The van der Waals surface area contributed by atoms with Crippen LogP contribution in [0.25, 0.3) is 0 Å². The first-order chi connectivity index (χ1) is 5.13. The van der Waals surface area contributed by atoms with Crippen molar-refractivity contribution in [2.45, 2.75) is 18.9 Å². The van der Waals surface area contributed by atoms with E-state index < -0.39 is 0 Å². The van der Waals surface area contributed by atoms with Crippen molar-refractivity contribution in [3.63, 3.8) is 0 Å². The van der Waals surface area contributed by atoms with Gasteiger partial charge in [0.15, 0.2) is 5.11 Å². The van der Waals surface area contributed by atoms with Gasteiger partial charge in [-0.2, -0.15) is 0 Å². The second kappa shape index (κ2) is 3.32. The van der Waals surface area contributed by atoms with Crippen molar-refractivity contribution in [3.05, 3.63) is 0 Å². The van der Waals surface area contributed by atoms with E-state index in [4.69, 9.17) is 35.9 Å². The fraction of sp³-hybridized carbons (Fsp3) is 0.667. The van der Waals surface area contributed by atoms with Crippen LogP contribution in [0, 0.1) is 0 Å². The third-order valence-electron chi connectivity index (χ3n) is 1.86. The average molecular weight is 189 g/mol. The fourth-order valence-electron chi connectivity index (χ4n) is 1.33. The van der Waals surface area contributed by atoms with Gasteiger partial charge in [-0.3, -0.25) is 0 Å². The van der Waals surface area contributed by atoms with Crippen LogP contribution >= 0.6 is 24.4 Å². The summed E-state index contributed by atoms with van der Waals surface area (Å²) in [6.07, 6.45) is 2.05. The molecule has 0 spiro atoms. The van der Waals surface area contributed by atoms with E-state index >= 15 is 0 Å². The van der Waals surface area contributed by atoms with Crippen molar-refractivity contribution >= 4 is 34.5 Å². The Morgan fingerprint density at radius 2 is 2.00 bits per heavy atom. The lowest BCUT2D eigenvalue weighted by Crippen LogP contribution is -2.45. The number of rotatable bonds is 1. The van der Waals surface area contributed by atoms with E-state index in [9.17, 15) is 0 Å². The number of nitrogens with zero attached hydrogens (tertiary/aromatic N) is 1. The highest BCUT2D eigenvalue weighted by Crippen LogP contribution is 2.16. The largest absolute Gasteiger partial charge is 0.392 e. The van der Waals surface area contributed by atoms with Crippen molar-refractivity contribution in [2.24, 2.45) is 11.5 Å². The first-order valence-corrected chi connectivity index (χ1v) is 4.30. The summed E-state index contributed by atoms with van der Waals surface area (Å²) >= 11 is 9.71. The molecule has 11 heavy (non-hydrogen) atoms. The predicted octanol–water partition coefficient (Wildman–Crippen LogP) is -0.0195. The van der Waals surface area contributed by atoms with E-state index in [0.29, 0.717) is 10.1 Å². The van der Waals surface area contributed by atoms with E-state index in [1.807, 2.05) is 4.90 Å². The molecule has 1 fully saturated rings. The van der Waals surface area contributed by atoms with E-state index in [0.717, 1.165) is 19.4 Å². The van der Waals surface area contributed by atoms with Crippen molar-refractivity contribution in [1.29, 1.82) is 0 Å². The summed E-state index contributed by atoms with van der Waals surface area (Å²) in [7, 11) is 0. The maximum Gasteiger partial charge on any atom is 0.166 e. The van der Waals surface area contributed by atoms with Crippen LogP contribution in [0.4, 0.5) is 0 Å². The predicted molar refractivity (Wildman–Crippen MR) is 53.3 cm³/mol. The molecule has 0 bridgehead atoms. The van der Waals surface area contributed by atoms with Gasteiger partial charge in [0.1, 0.15) is 0 Å². The minimum Gasteiger partial charge on any atom is -0.392 e. The summed E-state index contributed by atoms with van der Waals surface area (Å²) in [6.45, 7) is 0.886. The average Bonchev–Trinajstić information content (AvgIpc) is 2.32. The SMILES string of the molecule is NC(=S)C1CCCN1C(N)=S. The van der Waals surface area contributed by atoms with Crippen LogP contribution in [-0.2, 0) is 0 Å². The Kier molecular flexibility index (Phi) is 2.62. The molecule has 1 aliphatic rings. The Hall–Kier alpha value is -0.420. The molecule has 0 aromatic heterocycles. The van der Waals surface area contributed by atoms with E-state index in [1.165, 1.54) is 0 Å². The third-order valence-corrected chi connectivity index (χ3v) is 2.37. The summed E-state index contributed by atoms with van der Waals surface area (Å²) in [5, 5.41) is 0.403. The smallest absolute Gasteiger partial charge is 0.166 e. The van der Waals surface area contributed by atoms with Gasteiger partial charge in [-0.15, -0.1) is 0 Å². The van der Waals surface area contributed by atoms with Crippen molar-refractivity contribution in [1.82, 2.24) is 4.90 Å². The topological polar surface area (TPSA) is 55.3 Å². The van der Waals surface area contributed by atoms with E-state index in [2.05, 4.69) is 0 Å². The summed E-state index contributed by atoms with van der Waals surface area (Å²) in [4.78, 5) is 2.38. The molecule has 0 amide bonds. The van der Waals surface area contributed by atoms with Crippen LogP contribution in [0.2, 0.25) is 0 Å². The van der Waals surface area contributed by atoms with Crippen LogP contribution in [-0.4, -0.2) is 27.6 Å². The molecule has 1 aliphatic heterocycles. The molecule has 0 radical (unpaired) electrons. The van der Waals surface area contributed by atoms with Crippen molar-refractivity contribution in [3.8, 4) is 0 Å². The lowest BCUT2D eigenvalue weighted by atomic mass is 10.2. The zero-order chi connectivity index (χ0) is 8.43. The molecule has 0 aromatic carbocycles. The minimum atomic E-state index is 0.0995. The number of likely N-dealkylation sites (tertiary alicyclic amines) is 1. The monoisotopic (exact) mass is 189 g/mol. The van der Waals surface area contributed by atoms with Gasteiger partial charge < -0.3 is 16.4 Å². The zero-order valence-corrected chi connectivity index (χ0v) is 7.75. The van der Waals surface area contributed by atoms with Crippen LogP contribution in [0.1, 0.15) is 12.8 Å². The summed E-state index contributed by atoms with van der Waals surface area (Å²) in [6, 6.07) is 0.0995. The Morgan fingerprint density at radius 1 is 1.36 bits per heavy atom. The summed E-state index contributed by atoms with van der Waals surface area (Å²) < 4.78 is 0. The van der Waals surface area contributed by atoms with E-state index in [1.54, 1.807) is 0 Å². The first kappa shape index (κ1) is 8.67. The Bertz CT molecular complexity index is 172. The van der Waals surface area contributed by atoms with Crippen molar-refractivity contribution < 1.29 is 0 Å². The first-order valence-electron chi connectivity index (χ1n) is 3.48. The highest BCUT2D eigenvalue weighted by Gasteiger charge is 2.26. The molecule has 1 atom stereocenters. The molecular weight excluding hydrogens is 178 g/mol. The van der Waals surface area contributed by atoms with Crippen LogP contribution in [0.3, 0.4) is 0 Å². The number of nitrogens with two attached hydrogens (primary N) is 2. The number of hydrogen-bond donors (Lipinski definition) is 2. The summed E-state index contributed by atoms with van der Waals surface area (Å²) in [5.74, 6) is 0. The normalized spacial score (nSPS) is 23.6. The lowest BCUT2D eigenvalue weighted by Gasteiger charge is -2.23. The molecule has 1 rings (SSSR count). The van der Waals surface area contributed by atoms with Gasteiger partial charge >= 0.3 is 0 Å². The van der Waals surface area contributed by atoms with Gasteiger partial charge in [0, 0.05) is 6.54 Å². The molecule has 0 aliphatic carbocycles. The minimum absolute atomic E-state index is 0.0995. The van der Waals surface area contributed by atoms with Crippen molar-refractivity contribution in [2.75, 3.05) is 6.54 Å². The molecular formula is C6H11N3S2. The highest BCUT2D eigenvalue weighted by atomic mass is 32.1. The van der Waals surface area contributed by atoms with Crippen LogP contribution < -0.4 is 11.5 Å². The van der Waals surface area contributed by atoms with Gasteiger partial charge in [-0.25, -0.2) is 0 Å². The highest BCUT2D eigenvalue weighted by molar-refractivity contribution is 7.80. The Labute approximate surface area is 76.7 Å². The standard InChI is InChI=1S/C6H11N3S2/c7-5(10)4-2-1-3-9(4)6(8)11/h4H,1-3H2,(H2,7,10)(H2,8,11). The molecule has 1 unspecified atom stereocenters. The quantitative estimate of drug-likeness (QED) is 0.568. The van der Waals surface area contributed by atoms with Gasteiger partial charge in [0.25, 0.3) is 0 Å². The molecule has 1 saturated heterocycles. The maximum absolute atomic E-state index is 5.50. The van der Waals surface area contributed by atoms with Gasteiger partial charge in [0.05, 0.1) is 11.0 Å². The van der Waals surface area contributed by atoms with Crippen LogP contribution in [0.5, 0.6) is 0 Å². The molecule has 4 N–H and O–H groups in total. The Morgan fingerprint density at radius 3 is 2.36 bits per heavy atom. The van der Waals surface area contributed by atoms with Crippen LogP contribution in [0.15, 0.2) is 0 Å². The maximum atomic E-state index is 5.50. The zero-order valence-electron chi connectivity index (χ0n) is 6.12. The third kappa shape index (κ3) is 1.78. The fourth-order valence-corrected chi connectivity index (χ4v) is 1.79. The molecule has 0 saturated carbocycles.